The Bertz CT molecular complexity index is 1450. The minimum Gasteiger partial charge on any atom is -0.497 e. The zero-order valence-electron chi connectivity index (χ0n) is 21.1. The molecule has 1 unspecified atom stereocenters. The highest BCUT2D eigenvalue weighted by atomic mass is 16.5. The fraction of sp³-hybridized carbons (Fsp3) is 0.414. The van der Waals surface area contributed by atoms with Crippen LogP contribution in [0.15, 0.2) is 53.6 Å². The summed E-state index contributed by atoms with van der Waals surface area (Å²) in [7, 11) is 3.68. The van der Waals surface area contributed by atoms with E-state index in [2.05, 4.69) is 33.3 Å². The molecule has 36 heavy (non-hydrogen) atoms. The van der Waals surface area contributed by atoms with Gasteiger partial charge < -0.3 is 13.9 Å². The van der Waals surface area contributed by atoms with Gasteiger partial charge in [0.25, 0.3) is 5.56 Å². The van der Waals surface area contributed by atoms with Crippen molar-refractivity contribution in [2.45, 2.75) is 51.1 Å². The lowest BCUT2D eigenvalue weighted by Gasteiger charge is -2.32. The molecule has 2 aromatic heterocycles. The maximum Gasteiger partial charge on any atom is 0.255 e. The zero-order valence-corrected chi connectivity index (χ0v) is 21.1. The average molecular weight is 484 g/mol. The number of aromatic nitrogens is 4. The topological polar surface area (TPSA) is 65.2 Å². The molecule has 0 N–H and O–H groups in total. The Kier molecular flexibility index (Phi) is 6.09. The molecule has 1 aliphatic carbocycles. The smallest absolute Gasteiger partial charge is 0.255 e. The zero-order chi connectivity index (χ0) is 24.6. The number of benzene rings is 2. The van der Waals surface area contributed by atoms with Gasteiger partial charge in [-0.3, -0.25) is 9.69 Å². The molecule has 3 heterocycles. The van der Waals surface area contributed by atoms with E-state index in [0.29, 0.717) is 19.0 Å². The lowest BCUT2D eigenvalue weighted by Crippen LogP contribution is -2.37. The molecule has 7 nitrogen and oxygen atoms in total. The third kappa shape index (κ3) is 4.32. The molecule has 0 amide bonds. The second-order valence-corrected chi connectivity index (χ2v) is 10.3. The molecule has 1 atom stereocenters. The van der Waals surface area contributed by atoms with Gasteiger partial charge in [-0.25, -0.2) is 0 Å². The number of likely N-dealkylation sites (tertiary alicyclic amines) is 1. The van der Waals surface area contributed by atoms with E-state index in [0.717, 1.165) is 67.0 Å². The molecular weight excluding hydrogens is 450 g/mol. The van der Waals surface area contributed by atoms with Gasteiger partial charge in [0.15, 0.2) is 0 Å². The van der Waals surface area contributed by atoms with Crippen LogP contribution in [0.25, 0.3) is 10.9 Å². The summed E-state index contributed by atoms with van der Waals surface area (Å²) >= 11 is 0. The fourth-order valence-electron chi connectivity index (χ4n) is 6.01. The third-order valence-corrected chi connectivity index (χ3v) is 7.89. The minimum atomic E-state index is 0.108. The summed E-state index contributed by atoms with van der Waals surface area (Å²) in [4.78, 5) is 16.3. The predicted molar refractivity (Wildman–Crippen MR) is 141 cm³/mol. The van der Waals surface area contributed by atoms with E-state index in [9.17, 15) is 4.79 Å². The average Bonchev–Trinajstić information content (AvgIpc) is 3.54. The number of hydrogen-bond donors (Lipinski definition) is 0. The number of rotatable bonds is 6. The highest BCUT2D eigenvalue weighted by molar-refractivity contribution is 5.82. The quantitative estimate of drug-likeness (QED) is 0.414. The van der Waals surface area contributed by atoms with Gasteiger partial charge in [-0.05, 0) is 91.1 Å². The van der Waals surface area contributed by atoms with E-state index < -0.39 is 0 Å². The van der Waals surface area contributed by atoms with Crippen LogP contribution >= 0.6 is 0 Å². The molecule has 2 aliphatic rings. The van der Waals surface area contributed by atoms with Crippen LogP contribution in [0.4, 0.5) is 0 Å². The standard InChI is InChI=1S/C29H33N5O2/c1-32-19-30-31-28(32)23-7-4-12-33(17-23)18-25-14-24-13-21-5-3-6-22(21)15-27(24)34(29(25)35)16-20-8-10-26(36-2)11-9-20/h8-11,13-15,19,23H,3-7,12,16-18H2,1-2H3. The number of hydrogen-bond acceptors (Lipinski definition) is 5. The fourth-order valence-corrected chi connectivity index (χ4v) is 6.01. The normalized spacial score (nSPS) is 18.0. The Hall–Kier alpha value is -3.45. The van der Waals surface area contributed by atoms with Gasteiger partial charge in [-0.2, -0.15) is 0 Å². The first-order valence-electron chi connectivity index (χ1n) is 13.0. The first kappa shape index (κ1) is 23.0. The van der Waals surface area contributed by atoms with Crippen molar-refractivity contribution in [3.05, 3.63) is 87.2 Å². The SMILES string of the molecule is COc1ccc(Cn2c(=O)c(CN3CCCC(c4nncn4C)C3)cc3cc4c(cc32)CCC4)cc1. The van der Waals surface area contributed by atoms with Crippen molar-refractivity contribution in [2.75, 3.05) is 20.2 Å². The monoisotopic (exact) mass is 483 g/mol. The van der Waals surface area contributed by atoms with E-state index in [1.54, 1.807) is 13.4 Å². The molecule has 7 heteroatoms. The Balaban J connectivity index is 1.36. The molecule has 2 aromatic carbocycles. The van der Waals surface area contributed by atoms with E-state index in [-0.39, 0.29) is 5.56 Å². The summed E-state index contributed by atoms with van der Waals surface area (Å²) in [5.41, 5.74) is 5.93. The molecule has 4 aromatic rings. The highest BCUT2D eigenvalue weighted by Crippen LogP contribution is 2.29. The second kappa shape index (κ2) is 9.54. The summed E-state index contributed by atoms with van der Waals surface area (Å²) in [6.07, 6.45) is 7.39. The lowest BCUT2D eigenvalue weighted by molar-refractivity contribution is 0.194. The van der Waals surface area contributed by atoms with Gasteiger partial charge >= 0.3 is 0 Å². The van der Waals surface area contributed by atoms with Crippen LogP contribution < -0.4 is 10.3 Å². The molecule has 0 radical (unpaired) electrons. The Labute approximate surface area is 211 Å². The van der Waals surface area contributed by atoms with Crippen LogP contribution in [0.1, 0.15) is 53.3 Å². The van der Waals surface area contributed by atoms with Gasteiger partial charge in [-0.1, -0.05) is 12.1 Å². The summed E-state index contributed by atoms with van der Waals surface area (Å²) in [5, 5.41) is 9.60. The molecule has 0 spiro atoms. The number of aryl methyl sites for hydroxylation is 3. The van der Waals surface area contributed by atoms with Crippen molar-refractivity contribution in [3.8, 4) is 5.75 Å². The lowest BCUT2D eigenvalue weighted by atomic mass is 9.96. The first-order chi connectivity index (χ1) is 17.6. The molecule has 6 rings (SSSR count). The van der Waals surface area contributed by atoms with Crippen LogP contribution in [0.3, 0.4) is 0 Å². The van der Waals surface area contributed by atoms with Gasteiger partial charge in [-0.15, -0.1) is 10.2 Å². The molecule has 1 aliphatic heterocycles. The summed E-state index contributed by atoms with van der Waals surface area (Å²) in [6.45, 7) is 3.09. The maximum absolute atomic E-state index is 13.9. The summed E-state index contributed by atoms with van der Waals surface area (Å²) in [6, 6.07) is 14.8. The van der Waals surface area contributed by atoms with Crippen molar-refractivity contribution >= 4 is 10.9 Å². The summed E-state index contributed by atoms with van der Waals surface area (Å²) in [5.74, 6) is 2.20. The molecule has 186 valence electrons. The predicted octanol–water partition coefficient (Wildman–Crippen LogP) is 4.06. The first-order valence-corrected chi connectivity index (χ1v) is 13.0. The minimum absolute atomic E-state index is 0.108. The van der Waals surface area contributed by atoms with E-state index in [1.807, 2.05) is 40.4 Å². The Morgan fingerprint density at radius 1 is 1.03 bits per heavy atom. The number of nitrogens with zero attached hydrogens (tertiary/aromatic N) is 5. The number of fused-ring (bicyclic) bond motifs is 2. The third-order valence-electron chi connectivity index (χ3n) is 7.89. The van der Waals surface area contributed by atoms with Crippen LogP contribution in [-0.4, -0.2) is 44.4 Å². The number of piperidine rings is 1. The van der Waals surface area contributed by atoms with Crippen LogP contribution in [0.2, 0.25) is 0 Å². The number of ether oxygens (including phenoxy) is 1. The van der Waals surface area contributed by atoms with Gasteiger partial charge in [0.1, 0.15) is 17.9 Å². The largest absolute Gasteiger partial charge is 0.497 e. The van der Waals surface area contributed by atoms with Gasteiger partial charge in [0.05, 0.1) is 19.2 Å². The van der Waals surface area contributed by atoms with Crippen LogP contribution in [-0.2, 0) is 33.0 Å². The molecular formula is C29H33N5O2. The Morgan fingerprint density at radius 3 is 2.58 bits per heavy atom. The van der Waals surface area contributed by atoms with Crippen molar-refractivity contribution in [1.29, 1.82) is 0 Å². The van der Waals surface area contributed by atoms with Crippen molar-refractivity contribution in [2.24, 2.45) is 7.05 Å². The van der Waals surface area contributed by atoms with Crippen LogP contribution in [0, 0.1) is 0 Å². The highest BCUT2D eigenvalue weighted by Gasteiger charge is 2.26. The maximum atomic E-state index is 13.9. The van der Waals surface area contributed by atoms with E-state index in [1.165, 1.54) is 22.9 Å². The van der Waals surface area contributed by atoms with Gasteiger partial charge in [0.2, 0.25) is 0 Å². The second-order valence-electron chi connectivity index (χ2n) is 10.3. The van der Waals surface area contributed by atoms with Gasteiger partial charge in [0, 0.05) is 31.6 Å². The molecule has 1 saturated heterocycles. The van der Waals surface area contributed by atoms with Crippen LogP contribution in [0.5, 0.6) is 5.75 Å². The van der Waals surface area contributed by atoms with Crippen molar-refractivity contribution < 1.29 is 4.74 Å². The molecule has 1 fully saturated rings. The molecule has 0 saturated carbocycles. The van der Waals surface area contributed by atoms with Crippen molar-refractivity contribution in [1.82, 2.24) is 24.2 Å². The van der Waals surface area contributed by atoms with E-state index >= 15 is 0 Å². The Morgan fingerprint density at radius 2 is 1.83 bits per heavy atom. The number of methoxy groups -OCH3 is 1. The van der Waals surface area contributed by atoms with Crippen molar-refractivity contribution in [3.63, 3.8) is 0 Å². The summed E-state index contributed by atoms with van der Waals surface area (Å²) < 4.78 is 9.33. The molecule has 0 bridgehead atoms. The van der Waals surface area contributed by atoms with E-state index in [4.69, 9.17) is 4.74 Å². The number of pyridine rings is 1.